The Balaban J connectivity index is 0.00000312. The molecule has 1 aromatic rings. The molecule has 0 saturated carbocycles. The molecule has 1 unspecified atom stereocenters. The maximum atomic E-state index is 12.7. The fourth-order valence-corrected chi connectivity index (χ4v) is 5.49. The highest BCUT2D eigenvalue weighted by Crippen LogP contribution is 2.26. The molecule has 1 atom stereocenters. The lowest BCUT2D eigenvalue weighted by atomic mass is 10.2. The predicted octanol–water partition coefficient (Wildman–Crippen LogP) is 3.00. The van der Waals surface area contributed by atoms with Crippen LogP contribution in [0.15, 0.2) is 21.3 Å². The Kier molecular flexibility index (Phi) is 9.68. The quantitative estimate of drug-likeness (QED) is 0.358. The molecular weight excluding hydrogens is 471 g/mol. The van der Waals surface area contributed by atoms with Crippen molar-refractivity contribution < 1.29 is 8.42 Å². The first-order chi connectivity index (χ1) is 11.5. The Bertz CT molecular complexity index is 655. The number of aliphatic imine (C=N–C) groups is 1. The summed E-state index contributed by atoms with van der Waals surface area (Å²) >= 11 is 1.34. The number of rotatable bonds is 6. The summed E-state index contributed by atoms with van der Waals surface area (Å²) < 4.78 is 27.4. The van der Waals surface area contributed by atoms with E-state index in [0.717, 1.165) is 36.5 Å². The third-order valence-electron chi connectivity index (χ3n) is 4.20. The van der Waals surface area contributed by atoms with E-state index in [0.29, 0.717) is 29.9 Å². The van der Waals surface area contributed by atoms with Gasteiger partial charge in [0, 0.05) is 31.1 Å². The van der Waals surface area contributed by atoms with E-state index < -0.39 is 10.0 Å². The zero-order valence-electron chi connectivity index (χ0n) is 15.1. The lowest BCUT2D eigenvalue weighted by Crippen LogP contribution is -2.41. The fraction of sp³-hybridized carbons (Fsp3) is 0.688. The van der Waals surface area contributed by atoms with E-state index in [-0.39, 0.29) is 24.0 Å². The highest BCUT2D eigenvalue weighted by atomic mass is 127. The van der Waals surface area contributed by atoms with Crippen LogP contribution >= 0.6 is 35.3 Å². The number of nitrogens with one attached hydrogen (secondary N) is 2. The summed E-state index contributed by atoms with van der Waals surface area (Å²) in [4.78, 5) is 5.18. The van der Waals surface area contributed by atoms with Gasteiger partial charge in [0.1, 0.15) is 4.21 Å². The van der Waals surface area contributed by atoms with Crippen LogP contribution < -0.4 is 10.6 Å². The smallest absolute Gasteiger partial charge is 0.252 e. The van der Waals surface area contributed by atoms with Crippen LogP contribution in [-0.4, -0.2) is 44.9 Å². The molecular formula is C16H29IN4O2S2. The first-order valence-electron chi connectivity index (χ1n) is 8.53. The number of hydrogen-bond donors (Lipinski definition) is 2. The van der Waals surface area contributed by atoms with Crippen molar-refractivity contribution in [3.05, 3.63) is 17.0 Å². The molecule has 1 saturated heterocycles. The van der Waals surface area contributed by atoms with Crippen molar-refractivity contribution in [1.29, 1.82) is 0 Å². The predicted molar refractivity (Wildman–Crippen MR) is 115 cm³/mol. The zero-order chi connectivity index (χ0) is 17.6. The molecule has 0 bridgehead atoms. The number of sulfonamides is 1. The monoisotopic (exact) mass is 500 g/mol. The average molecular weight is 500 g/mol. The SMILES string of the molecule is CCC(C)NC(=NC)NCc1ccc(S(=O)(=O)N2CCCCC2)s1.I. The van der Waals surface area contributed by atoms with Crippen molar-refractivity contribution in [2.75, 3.05) is 20.1 Å². The molecule has 1 aliphatic heterocycles. The maximum absolute atomic E-state index is 12.7. The van der Waals surface area contributed by atoms with E-state index in [2.05, 4.69) is 29.5 Å². The minimum Gasteiger partial charge on any atom is -0.354 e. The molecule has 0 aliphatic carbocycles. The number of halogens is 1. The van der Waals surface area contributed by atoms with Gasteiger partial charge in [-0.15, -0.1) is 35.3 Å². The van der Waals surface area contributed by atoms with Gasteiger partial charge in [-0.1, -0.05) is 13.3 Å². The minimum absolute atomic E-state index is 0. The topological polar surface area (TPSA) is 73.8 Å². The third kappa shape index (κ3) is 6.37. The standard InChI is InChI=1S/C16H28N4O2S2.HI/c1-4-13(2)19-16(17-3)18-12-14-8-9-15(23-14)24(21,22)20-10-6-5-7-11-20;/h8-9,13H,4-7,10-12H2,1-3H3,(H2,17,18,19);1H. The molecule has 2 rings (SSSR count). The molecule has 0 amide bonds. The van der Waals surface area contributed by atoms with Gasteiger partial charge in [-0.2, -0.15) is 4.31 Å². The summed E-state index contributed by atoms with van der Waals surface area (Å²) in [5.41, 5.74) is 0. The number of nitrogens with zero attached hydrogens (tertiary/aromatic N) is 2. The Morgan fingerprint density at radius 3 is 2.60 bits per heavy atom. The first-order valence-corrected chi connectivity index (χ1v) is 10.8. The van der Waals surface area contributed by atoms with Gasteiger partial charge in [-0.25, -0.2) is 8.42 Å². The van der Waals surface area contributed by atoms with Crippen LogP contribution in [0, 0.1) is 0 Å². The van der Waals surface area contributed by atoms with Gasteiger partial charge in [0.2, 0.25) is 0 Å². The van der Waals surface area contributed by atoms with Crippen LogP contribution in [0.5, 0.6) is 0 Å². The summed E-state index contributed by atoms with van der Waals surface area (Å²) in [6, 6.07) is 3.94. The Hall–Kier alpha value is -0.390. The Morgan fingerprint density at radius 2 is 2.00 bits per heavy atom. The molecule has 6 nitrogen and oxygen atoms in total. The Morgan fingerprint density at radius 1 is 1.32 bits per heavy atom. The van der Waals surface area contributed by atoms with Gasteiger partial charge in [-0.3, -0.25) is 4.99 Å². The highest BCUT2D eigenvalue weighted by Gasteiger charge is 2.27. The third-order valence-corrected chi connectivity index (χ3v) is 7.65. The molecule has 1 aromatic heterocycles. The molecule has 1 aliphatic rings. The second kappa shape index (κ2) is 10.7. The summed E-state index contributed by atoms with van der Waals surface area (Å²) in [5, 5.41) is 6.53. The van der Waals surface area contributed by atoms with E-state index in [9.17, 15) is 8.42 Å². The van der Waals surface area contributed by atoms with Crippen molar-refractivity contribution in [2.24, 2.45) is 4.99 Å². The molecule has 144 valence electrons. The minimum atomic E-state index is -3.33. The summed E-state index contributed by atoms with van der Waals surface area (Å²) in [6.07, 6.45) is 4.04. The molecule has 25 heavy (non-hydrogen) atoms. The van der Waals surface area contributed by atoms with E-state index >= 15 is 0 Å². The molecule has 0 radical (unpaired) electrons. The largest absolute Gasteiger partial charge is 0.354 e. The molecule has 0 spiro atoms. The van der Waals surface area contributed by atoms with Crippen LogP contribution in [0.3, 0.4) is 0 Å². The van der Waals surface area contributed by atoms with Crippen LogP contribution in [0.1, 0.15) is 44.4 Å². The Labute approximate surface area is 172 Å². The molecule has 2 heterocycles. The van der Waals surface area contributed by atoms with Gasteiger partial charge in [0.15, 0.2) is 5.96 Å². The van der Waals surface area contributed by atoms with E-state index in [1.54, 1.807) is 17.4 Å². The van der Waals surface area contributed by atoms with Gasteiger partial charge in [-0.05, 0) is 38.3 Å². The number of thiophene rings is 1. The average Bonchev–Trinajstić information content (AvgIpc) is 3.09. The summed E-state index contributed by atoms with van der Waals surface area (Å²) in [5.74, 6) is 0.734. The van der Waals surface area contributed by atoms with E-state index in [1.807, 2.05) is 6.07 Å². The van der Waals surface area contributed by atoms with E-state index in [4.69, 9.17) is 0 Å². The van der Waals surface area contributed by atoms with Crippen LogP contribution in [0.2, 0.25) is 0 Å². The van der Waals surface area contributed by atoms with Gasteiger partial charge >= 0.3 is 0 Å². The van der Waals surface area contributed by atoms with Crippen molar-refractivity contribution in [1.82, 2.24) is 14.9 Å². The van der Waals surface area contributed by atoms with E-state index in [1.165, 1.54) is 11.3 Å². The van der Waals surface area contributed by atoms with Crippen LogP contribution in [-0.2, 0) is 16.6 Å². The molecule has 2 N–H and O–H groups in total. The first kappa shape index (κ1) is 22.7. The van der Waals surface area contributed by atoms with Gasteiger partial charge in [0.05, 0.1) is 6.54 Å². The van der Waals surface area contributed by atoms with Crippen molar-refractivity contribution in [2.45, 2.75) is 56.3 Å². The number of guanidine groups is 1. The van der Waals surface area contributed by atoms with Gasteiger partial charge in [0.25, 0.3) is 10.0 Å². The van der Waals surface area contributed by atoms with Crippen molar-refractivity contribution in [3.63, 3.8) is 0 Å². The van der Waals surface area contributed by atoms with Crippen molar-refractivity contribution in [3.8, 4) is 0 Å². The second-order valence-corrected chi connectivity index (χ2v) is 9.40. The zero-order valence-corrected chi connectivity index (χ0v) is 19.1. The summed E-state index contributed by atoms with van der Waals surface area (Å²) in [7, 11) is -1.60. The second-order valence-electron chi connectivity index (χ2n) is 6.06. The molecule has 0 aromatic carbocycles. The summed E-state index contributed by atoms with van der Waals surface area (Å²) in [6.45, 7) is 6.05. The molecule has 9 heteroatoms. The lowest BCUT2D eigenvalue weighted by Gasteiger charge is -2.25. The van der Waals surface area contributed by atoms with Crippen LogP contribution in [0.4, 0.5) is 0 Å². The van der Waals surface area contributed by atoms with Crippen LogP contribution in [0.25, 0.3) is 0 Å². The van der Waals surface area contributed by atoms with Crippen molar-refractivity contribution >= 4 is 51.3 Å². The molecule has 1 fully saturated rings. The lowest BCUT2D eigenvalue weighted by molar-refractivity contribution is 0.347. The highest BCUT2D eigenvalue weighted by molar-refractivity contribution is 14.0. The maximum Gasteiger partial charge on any atom is 0.252 e. The van der Waals surface area contributed by atoms with Gasteiger partial charge < -0.3 is 10.6 Å². The number of piperidine rings is 1. The normalized spacial score (nSPS) is 17.6. The number of hydrogen-bond acceptors (Lipinski definition) is 4. The fourth-order valence-electron chi connectivity index (χ4n) is 2.53.